The quantitative estimate of drug-likeness (QED) is 0.345. The maximum absolute atomic E-state index is 10.7. The molecule has 0 aliphatic rings. The molecule has 0 spiro atoms. The molecule has 90 valence electrons. The maximum atomic E-state index is 10.7. The second-order valence-corrected chi connectivity index (χ2v) is 3.17. The second-order valence-electron chi connectivity index (χ2n) is 3.17. The number of hydrogen-bond donors (Lipinski definition) is 0. The lowest BCUT2D eigenvalue weighted by Gasteiger charge is -1.99. The van der Waals surface area contributed by atoms with E-state index in [9.17, 15) is 4.79 Å². The SMILES string of the molecule is C=CCCCCCCCC(=O)OC.CC. The van der Waals surface area contributed by atoms with Crippen molar-refractivity contribution in [3.05, 3.63) is 12.7 Å². The van der Waals surface area contributed by atoms with Crippen LogP contribution in [0.2, 0.25) is 0 Å². The Bertz CT molecular complexity index is 141. The average Bonchev–Trinajstić information content (AvgIpc) is 2.30. The first-order chi connectivity index (χ1) is 7.31. The van der Waals surface area contributed by atoms with E-state index in [1.54, 1.807) is 0 Å². The van der Waals surface area contributed by atoms with Gasteiger partial charge in [0.25, 0.3) is 0 Å². The lowest BCUT2D eigenvalue weighted by Crippen LogP contribution is -1.98. The number of hydrogen-bond acceptors (Lipinski definition) is 2. The van der Waals surface area contributed by atoms with Crippen LogP contribution in [0.5, 0.6) is 0 Å². The molecule has 0 aromatic carbocycles. The number of rotatable bonds is 8. The fourth-order valence-corrected chi connectivity index (χ4v) is 1.19. The summed E-state index contributed by atoms with van der Waals surface area (Å²) in [5, 5.41) is 0. The molecule has 2 nitrogen and oxygen atoms in total. The number of unbranched alkanes of at least 4 members (excludes halogenated alkanes) is 5. The fraction of sp³-hybridized carbons (Fsp3) is 0.769. The van der Waals surface area contributed by atoms with Gasteiger partial charge in [0.15, 0.2) is 0 Å². The van der Waals surface area contributed by atoms with Crippen molar-refractivity contribution in [3.63, 3.8) is 0 Å². The molecular formula is C13H26O2. The molecule has 0 saturated heterocycles. The van der Waals surface area contributed by atoms with Crippen LogP contribution in [-0.4, -0.2) is 13.1 Å². The lowest BCUT2D eigenvalue weighted by molar-refractivity contribution is -0.140. The molecule has 0 N–H and O–H groups in total. The summed E-state index contributed by atoms with van der Waals surface area (Å²) in [5.74, 6) is -0.0916. The number of ether oxygens (including phenoxy) is 1. The topological polar surface area (TPSA) is 26.3 Å². The van der Waals surface area contributed by atoms with Crippen LogP contribution in [0.1, 0.15) is 58.8 Å². The highest BCUT2D eigenvalue weighted by Gasteiger charge is 1.98. The highest BCUT2D eigenvalue weighted by Crippen LogP contribution is 2.07. The van der Waals surface area contributed by atoms with E-state index < -0.39 is 0 Å². The zero-order chi connectivity index (χ0) is 11.9. The molecule has 0 radical (unpaired) electrons. The third kappa shape index (κ3) is 15.9. The maximum Gasteiger partial charge on any atom is 0.305 e. The summed E-state index contributed by atoms with van der Waals surface area (Å²) in [4.78, 5) is 10.7. The lowest BCUT2D eigenvalue weighted by atomic mass is 10.1. The molecule has 0 unspecified atom stereocenters. The summed E-state index contributed by atoms with van der Waals surface area (Å²) < 4.78 is 4.54. The summed E-state index contributed by atoms with van der Waals surface area (Å²) in [6, 6.07) is 0. The van der Waals surface area contributed by atoms with Crippen molar-refractivity contribution in [2.45, 2.75) is 58.8 Å². The third-order valence-corrected chi connectivity index (χ3v) is 2.02. The standard InChI is InChI=1S/C11H20O2.C2H6/c1-3-4-5-6-7-8-9-10-11(12)13-2;1-2/h3H,1,4-10H2,2H3;1-2H3. The first-order valence-electron chi connectivity index (χ1n) is 5.99. The zero-order valence-electron chi connectivity index (χ0n) is 10.6. The summed E-state index contributed by atoms with van der Waals surface area (Å²) >= 11 is 0. The van der Waals surface area contributed by atoms with Crippen molar-refractivity contribution in [2.75, 3.05) is 7.11 Å². The molecule has 0 bridgehead atoms. The van der Waals surface area contributed by atoms with E-state index in [1.807, 2.05) is 19.9 Å². The van der Waals surface area contributed by atoms with Crippen LogP contribution >= 0.6 is 0 Å². The minimum atomic E-state index is -0.0916. The highest BCUT2D eigenvalue weighted by atomic mass is 16.5. The van der Waals surface area contributed by atoms with Crippen molar-refractivity contribution in [1.82, 2.24) is 0 Å². The number of methoxy groups -OCH3 is 1. The number of allylic oxidation sites excluding steroid dienone is 1. The summed E-state index contributed by atoms with van der Waals surface area (Å²) in [6.45, 7) is 7.67. The van der Waals surface area contributed by atoms with E-state index in [0.717, 1.165) is 19.3 Å². The minimum absolute atomic E-state index is 0.0916. The van der Waals surface area contributed by atoms with E-state index in [2.05, 4.69) is 11.3 Å². The molecule has 0 aromatic rings. The number of esters is 1. The normalized spacial score (nSPS) is 8.73. The second kappa shape index (κ2) is 15.7. The smallest absolute Gasteiger partial charge is 0.305 e. The van der Waals surface area contributed by atoms with Crippen LogP contribution in [0.25, 0.3) is 0 Å². The molecule has 0 saturated carbocycles. The van der Waals surface area contributed by atoms with E-state index in [0.29, 0.717) is 6.42 Å². The first-order valence-corrected chi connectivity index (χ1v) is 5.99. The monoisotopic (exact) mass is 214 g/mol. The molecule has 0 amide bonds. The van der Waals surface area contributed by atoms with Crippen LogP contribution in [-0.2, 0) is 9.53 Å². The van der Waals surface area contributed by atoms with Gasteiger partial charge in [0.1, 0.15) is 0 Å². The molecule has 15 heavy (non-hydrogen) atoms. The van der Waals surface area contributed by atoms with Crippen LogP contribution in [0, 0.1) is 0 Å². The molecule has 0 aromatic heterocycles. The van der Waals surface area contributed by atoms with Gasteiger partial charge in [-0.05, 0) is 19.3 Å². The first kappa shape index (κ1) is 16.6. The Morgan fingerprint density at radius 2 is 1.67 bits per heavy atom. The van der Waals surface area contributed by atoms with Crippen LogP contribution in [0.4, 0.5) is 0 Å². The van der Waals surface area contributed by atoms with Crippen molar-refractivity contribution < 1.29 is 9.53 Å². The Hall–Kier alpha value is -0.790. The van der Waals surface area contributed by atoms with Gasteiger partial charge >= 0.3 is 5.97 Å². The van der Waals surface area contributed by atoms with E-state index >= 15 is 0 Å². The van der Waals surface area contributed by atoms with Gasteiger partial charge in [0.05, 0.1) is 7.11 Å². The summed E-state index contributed by atoms with van der Waals surface area (Å²) in [6.07, 6.45) is 9.40. The van der Waals surface area contributed by atoms with Gasteiger partial charge in [-0.15, -0.1) is 6.58 Å². The molecule has 0 rings (SSSR count). The predicted molar refractivity (Wildman–Crippen MR) is 65.9 cm³/mol. The largest absolute Gasteiger partial charge is 0.469 e. The zero-order valence-corrected chi connectivity index (χ0v) is 10.6. The summed E-state index contributed by atoms with van der Waals surface area (Å²) in [7, 11) is 1.44. The third-order valence-electron chi connectivity index (χ3n) is 2.02. The molecule has 0 heterocycles. The molecule has 0 fully saturated rings. The predicted octanol–water partition coefficient (Wildman–Crippen LogP) is 4.10. The van der Waals surface area contributed by atoms with Gasteiger partial charge in [-0.25, -0.2) is 0 Å². The summed E-state index contributed by atoms with van der Waals surface area (Å²) in [5.41, 5.74) is 0. The van der Waals surface area contributed by atoms with Gasteiger partial charge in [-0.3, -0.25) is 4.79 Å². The van der Waals surface area contributed by atoms with Crippen molar-refractivity contribution in [3.8, 4) is 0 Å². The van der Waals surface area contributed by atoms with Crippen molar-refractivity contribution in [1.29, 1.82) is 0 Å². The van der Waals surface area contributed by atoms with E-state index in [4.69, 9.17) is 0 Å². The van der Waals surface area contributed by atoms with Gasteiger partial charge in [0.2, 0.25) is 0 Å². The Morgan fingerprint density at radius 1 is 1.13 bits per heavy atom. The molecular weight excluding hydrogens is 188 g/mol. The fourth-order valence-electron chi connectivity index (χ4n) is 1.19. The van der Waals surface area contributed by atoms with Crippen LogP contribution in [0.3, 0.4) is 0 Å². The van der Waals surface area contributed by atoms with Gasteiger partial charge in [0, 0.05) is 6.42 Å². The average molecular weight is 214 g/mol. The Kier molecular flexibility index (Phi) is 17.4. The number of carbonyl (C=O) groups excluding carboxylic acids is 1. The van der Waals surface area contributed by atoms with Crippen molar-refractivity contribution in [2.24, 2.45) is 0 Å². The van der Waals surface area contributed by atoms with Gasteiger partial charge in [-0.1, -0.05) is 39.2 Å². The molecule has 2 heteroatoms. The Balaban J connectivity index is 0. The molecule has 0 atom stereocenters. The highest BCUT2D eigenvalue weighted by molar-refractivity contribution is 5.68. The van der Waals surface area contributed by atoms with Crippen LogP contribution < -0.4 is 0 Å². The van der Waals surface area contributed by atoms with Gasteiger partial charge in [-0.2, -0.15) is 0 Å². The number of carbonyl (C=O) groups is 1. The van der Waals surface area contributed by atoms with Crippen LogP contribution in [0.15, 0.2) is 12.7 Å². The molecule has 0 aliphatic heterocycles. The van der Waals surface area contributed by atoms with E-state index in [1.165, 1.54) is 26.4 Å². The minimum Gasteiger partial charge on any atom is -0.469 e. The molecule has 0 aliphatic carbocycles. The Morgan fingerprint density at radius 3 is 2.20 bits per heavy atom. The van der Waals surface area contributed by atoms with Crippen molar-refractivity contribution >= 4 is 5.97 Å². The van der Waals surface area contributed by atoms with Gasteiger partial charge < -0.3 is 4.74 Å². The Labute approximate surface area is 94.7 Å². The van der Waals surface area contributed by atoms with E-state index in [-0.39, 0.29) is 5.97 Å².